The minimum atomic E-state index is -0.407. The van der Waals surface area contributed by atoms with Crippen LogP contribution < -0.4 is 20.3 Å². The van der Waals surface area contributed by atoms with Crippen LogP contribution in [0.4, 0.5) is 4.79 Å². The third-order valence-electron chi connectivity index (χ3n) is 5.23. The number of hydrogen-bond donors (Lipinski definition) is 2. The Balaban J connectivity index is 1.27. The number of carbonyl (C=O) groups is 2. The van der Waals surface area contributed by atoms with Gasteiger partial charge in [0.1, 0.15) is 6.61 Å². The van der Waals surface area contributed by atoms with E-state index >= 15 is 0 Å². The lowest BCUT2D eigenvalue weighted by molar-refractivity contribution is 0.0706. The number of ether oxygens (including phenoxy) is 2. The Morgan fingerprint density at radius 2 is 2.03 bits per heavy atom. The molecule has 2 heterocycles. The van der Waals surface area contributed by atoms with Crippen molar-refractivity contribution in [3.63, 3.8) is 0 Å². The Bertz CT molecular complexity index is 913. The van der Waals surface area contributed by atoms with Gasteiger partial charge in [-0.1, -0.05) is 19.1 Å². The predicted octanol–water partition coefficient (Wildman–Crippen LogP) is 3.00. The molecule has 0 unspecified atom stereocenters. The van der Waals surface area contributed by atoms with E-state index < -0.39 is 6.03 Å². The van der Waals surface area contributed by atoms with Gasteiger partial charge in [0.25, 0.3) is 5.91 Å². The number of fused-ring (bicyclic) bond motifs is 2. The molecule has 7 nitrogen and oxygen atoms in total. The molecule has 2 aliphatic rings. The van der Waals surface area contributed by atoms with Gasteiger partial charge < -0.3 is 14.4 Å². The lowest BCUT2D eigenvalue weighted by Crippen LogP contribution is -2.50. The van der Waals surface area contributed by atoms with Crippen molar-refractivity contribution in [2.75, 3.05) is 20.2 Å². The van der Waals surface area contributed by atoms with E-state index in [1.807, 2.05) is 30.3 Å². The number of rotatable bonds is 3. The lowest BCUT2D eigenvalue weighted by atomic mass is 9.90. The SMILES string of the molecule is C[C@H]1CCc2sc(C(=O)NNC(=O)N(C)C[C@H]3COc4ccccc4O3)cc2C1. The number of thiophene rings is 1. The van der Waals surface area contributed by atoms with Crippen molar-refractivity contribution in [2.45, 2.75) is 32.3 Å². The van der Waals surface area contributed by atoms with Crippen LogP contribution in [0.1, 0.15) is 33.5 Å². The van der Waals surface area contributed by atoms with E-state index in [4.69, 9.17) is 9.47 Å². The minimum absolute atomic E-state index is 0.276. The Kier molecular flexibility index (Phi) is 5.62. The smallest absolute Gasteiger partial charge is 0.335 e. The number of aryl methyl sites for hydroxylation is 1. The third-order valence-corrected chi connectivity index (χ3v) is 6.46. The molecular weight excluding hydrogens is 390 g/mol. The second-order valence-corrected chi connectivity index (χ2v) is 8.81. The first-order valence-electron chi connectivity index (χ1n) is 9.81. The first-order valence-corrected chi connectivity index (χ1v) is 10.6. The van der Waals surface area contributed by atoms with Crippen LogP contribution in [-0.2, 0) is 12.8 Å². The number of carbonyl (C=O) groups excluding carboxylic acids is 2. The summed E-state index contributed by atoms with van der Waals surface area (Å²) in [5.74, 6) is 1.74. The molecule has 1 aliphatic heterocycles. The van der Waals surface area contributed by atoms with E-state index in [-0.39, 0.29) is 12.0 Å². The number of amides is 3. The van der Waals surface area contributed by atoms with E-state index in [1.165, 1.54) is 26.7 Å². The molecule has 1 aromatic heterocycles. The summed E-state index contributed by atoms with van der Waals surface area (Å²) in [6.45, 7) is 2.93. The number of benzene rings is 1. The highest BCUT2D eigenvalue weighted by Crippen LogP contribution is 2.32. The van der Waals surface area contributed by atoms with Crippen LogP contribution in [0.25, 0.3) is 0 Å². The van der Waals surface area contributed by atoms with E-state index in [1.54, 1.807) is 7.05 Å². The number of hydrogen-bond acceptors (Lipinski definition) is 5. The highest BCUT2D eigenvalue weighted by molar-refractivity contribution is 7.14. The normalized spacial score (nSPS) is 19.8. The molecule has 1 aromatic carbocycles. The first-order chi connectivity index (χ1) is 14.0. The fraction of sp³-hybridized carbons (Fsp3) is 0.429. The molecule has 0 saturated heterocycles. The molecule has 0 bridgehead atoms. The average Bonchev–Trinajstić information content (AvgIpc) is 3.15. The van der Waals surface area contributed by atoms with Crippen LogP contribution in [-0.4, -0.2) is 43.1 Å². The van der Waals surface area contributed by atoms with Crippen LogP contribution in [0.5, 0.6) is 11.5 Å². The molecule has 1 aliphatic carbocycles. The van der Waals surface area contributed by atoms with Crippen molar-refractivity contribution in [3.05, 3.63) is 45.6 Å². The molecule has 4 rings (SSSR count). The van der Waals surface area contributed by atoms with Crippen LogP contribution in [0, 0.1) is 5.92 Å². The van der Waals surface area contributed by atoms with Gasteiger partial charge in [0.05, 0.1) is 11.4 Å². The third kappa shape index (κ3) is 4.48. The summed E-state index contributed by atoms with van der Waals surface area (Å²) in [6.07, 6.45) is 2.92. The fourth-order valence-electron chi connectivity index (χ4n) is 3.63. The minimum Gasteiger partial charge on any atom is -0.486 e. The van der Waals surface area contributed by atoms with Crippen LogP contribution in [0.3, 0.4) is 0 Å². The highest BCUT2D eigenvalue weighted by atomic mass is 32.1. The van der Waals surface area contributed by atoms with Gasteiger partial charge in [0.15, 0.2) is 17.6 Å². The average molecular weight is 416 g/mol. The van der Waals surface area contributed by atoms with Crippen molar-refractivity contribution >= 4 is 23.3 Å². The fourth-order valence-corrected chi connectivity index (χ4v) is 4.73. The van der Waals surface area contributed by atoms with Crippen LogP contribution >= 0.6 is 11.3 Å². The number of nitrogens with zero attached hydrogens (tertiary/aromatic N) is 1. The monoisotopic (exact) mass is 415 g/mol. The van der Waals surface area contributed by atoms with Crippen molar-refractivity contribution in [2.24, 2.45) is 5.92 Å². The van der Waals surface area contributed by atoms with Gasteiger partial charge >= 0.3 is 6.03 Å². The number of hydrazine groups is 1. The topological polar surface area (TPSA) is 79.9 Å². The Hall–Kier alpha value is -2.74. The summed E-state index contributed by atoms with van der Waals surface area (Å²) < 4.78 is 11.5. The van der Waals surface area contributed by atoms with Crippen LogP contribution in [0.15, 0.2) is 30.3 Å². The van der Waals surface area contributed by atoms with Gasteiger partial charge in [-0.25, -0.2) is 10.2 Å². The zero-order chi connectivity index (χ0) is 20.4. The van der Waals surface area contributed by atoms with Crippen molar-refractivity contribution in [1.82, 2.24) is 15.8 Å². The van der Waals surface area contributed by atoms with Crippen LogP contribution in [0.2, 0.25) is 0 Å². The first kappa shape index (κ1) is 19.6. The van der Waals surface area contributed by atoms with Gasteiger partial charge in [-0.3, -0.25) is 10.2 Å². The van der Waals surface area contributed by atoms with Gasteiger partial charge in [0.2, 0.25) is 0 Å². The zero-order valence-electron chi connectivity index (χ0n) is 16.6. The predicted molar refractivity (Wildman–Crippen MR) is 110 cm³/mol. The summed E-state index contributed by atoms with van der Waals surface area (Å²) >= 11 is 1.51. The molecule has 2 aromatic rings. The van der Waals surface area contributed by atoms with Gasteiger partial charge in [-0.15, -0.1) is 11.3 Å². The van der Waals surface area contributed by atoms with Crippen molar-refractivity contribution in [3.8, 4) is 11.5 Å². The van der Waals surface area contributed by atoms with E-state index in [0.717, 1.165) is 19.3 Å². The zero-order valence-corrected chi connectivity index (χ0v) is 17.4. The van der Waals surface area contributed by atoms with Gasteiger partial charge in [-0.05, 0) is 48.9 Å². The standard InChI is InChI=1S/C21H25N3O4S/c1-13-7-8-18-14(9-13)10-19(29-18)20(25)22-23-21(26)24(2)11-15-12-27-16-5-3-4-6-17(16)28-15/h3-6,10,13,15H,7-9,11-12H2,1-2H3,(H,22,25)(H,23,26)/t13-,15-/m0/s1. The molecule has 0 saturated carbocycles. The number of urea groups is 1. The maximum absolute atomic E-state index is 12.4. The maximum Gasteiger partial charge on any atom is 0.335 e. The van der Waals surface area contributed by atoms with Gasteiger partial charge in [-0.2, -0.15) is 0 Å². The molecule has 8 heteroatoms. The molecule has 2 atom stereocenters. The Morgan fingerprint density at radius 3 is 2.86 bits per heavy atom. The van der Waals surface area contributed by atoms with Gasteiger partial charge in [0, 0.05) is 11.9 Å². The van der Waals surface area contributed by atoms with Crippen molar-refractivity contribution < 1.29 is 19.1 Å². The Morgan fingerprint density at radius 1 is 1.24 bits per heavy atom. The molecule has 0 fully saturated rings. The quantitative estimate of drug-likeness (QED) is 0.756. The van der Waals surface area contributed by atoms with E-state index in [0.29, 0.717) is 35.4 Å². The highest BCUT2D eigenvalue weighted by Gasteiger charge is 2.24. The summed E-state index contributed by atoms with van der Waals surface area (Å²) in [4.78, 5) is 28.1. The molecule has 2 N–H and O–H groups in total. The molecule has 154 valence electrons. The molecule has 29 heavy (non-hydrogen) atoms. The number of likely N-dealkylation sites (N-methyl/N-ethyl adjacent to an activating group) is 1. The lowest BCUT2D eigenvalue weighted by Gasteiger charge is -2.29. The summed E-state index contributed by atoms with van der Waals surface area (Å²) in [6, 6.07) is 8.99. The number of nitrogens with one attached hydrogen (secondary N) is 2. The molecular formula is C21H25N3O4S. The largest absolute Gasteiger partial charge is 0.486 e. The van der Waals surface area contributed by atoms with E-state index in [2.05, 4.69) is 17.8 Å². The molecule has 3 amide bonds. The molecule has 0 radical (unpaired) electrons. The second kappa shape index (κ2) is 8.32. The van der Waals surface area contributed by atoms with E-state index in [9.17, 15) is 9.59 Å². The second-order valence-electron chi connectivity index (χ2n) is 7.67. The summed E-state index contributed by atoms with van der Waals surface area (Å²) in [7, 11) is 1.65. The maximum atomic E-state index is 12.4. The number of para-hydroxylation sites is 2. The summed E-state index contributed by atoms with van der Waals surface area (Å²) in [5, 5.41) is 0. The van der Waals surface area contributed by atoms with Crippen molar-refractivity contribution in [1.29, 1.82) is 0 Å². The summed E-state index contributed by atoms with van der Waals surface area (Å²) in [5.41, 5.74) is 6.25. The Labute approximate surface area is 174 Å². The molecule has 0 spiro atoms.